The molecule has 1 heterocycles. The van der Waals surface area contributed by atoms with Gasteiger partial charge in [0.15, 0.2) is 0 Å². The molecule has 1 fully saturated rings. The summed E-state index contributed by atoms with van der Waals surface area (Å²) < 4.78 is 10.7. The lowest BCUT2D eigenvalue weighted by Gasteiger charge is -2.07. The lowest BCUT2D eigenvalue weighted by atomic mass is 10.1. The minimum atomic E-state index is 0.300. The van der Waals surface area contributed by atoms with Crippen LogP contribution in [0.2, 0.25) is 0 Å². The Kier molecular flexibility index (Phi) is 3.42. The summed E-state index contributed by atoms with van der Waals surface area (Å²) in [6.45, 7) is 7.22. The van der Waals surface area contributed by atoms with Crippen LogP contribution in [0.25, 0.3) is 6.08 Å². The third-order valence-electron chi connectivity index (χ3n) is 2.50. The van der Waals surface area contributed by atoms with Crippen LogP contribution >= 0.6 is 0 Å². The maximum absolute atomic E-state index is 5.62. The van der Waals surface area contributed by atoms with Crippen molar-refractivity contribution in [3.05, 3.63) is 48.1 Å². The number of ether oxygens (including phenoxy) is 2. The highest BCUT2D eigenvalue weighted by Crippen LogP contribution is 2.20. The Hall–Kier alpha value is -1.54. The van der Waals surface area contributed by atoms with Crippen LogP contribution in [0.5, 0.6) is 5.75 Å². The van der Waals surface area contributed by atoms with Crippen molar-refractivity contribution in [3.63, 3.8) is 0 Å². The number of benzene rings is 1. The fourth-order valence-corrected chi connectivity index (χ4v) is 1.41. The average Bonchev–Trinajstić information content (AvgIpc) is 3.10. The average molecular weight is 216 g/mol. The smallest absolute Gasteiger partial charge is 0.120 e. The molecule has 0 bridgehead atoms. The predicted octanol–water partition coefficient (Wildman–Crippen LogP) is 2.97. The Bertz CT molecular complexity index is 403. The molecule has 0 saturated carbocycles. The van der Waals surface area contributed by atoms with Gasteiger partial charge < -0.3 is 9.47 Å². The van der Waals surface area contributed by atoms with Crippen molar-refractivity contribution in [2.75, 3.05) is 13.2 Å². The van der Waals surface area contributed by atoms with Crippen LogP contribution in [0.4, 0.5) is 0 Å². The van der Waals surface area contributed by atoms with Gasteiger partial charge >= 0.3 is 0 Å². The summed E-state index contributed by atoms with van der Waals surface area (Å²) in [6.07, 6.45) is 6.03. The Morgan fingerprint density at radius 1 is 1.56 bits per heavy atom. The van der Waals surface area contributed by atoms with Crippen molar-refractivity contribution in [1.29, 1.82) is 0 Å². The van der Waals surface area contributed by atoms with Crippen LogP contribution in [0.15, 0.2) is 36.9 Å². The first-order chi connectivity index (χ1) is 7.79. The van der Waals surface area contributed by atoms with Crippen molar-refractivity contribution < 1.29 is 9.47 Å². The van der Waals surface area contributed by atoms with E-state index < -0.39 is 0 Å². The van der Waals surface area contributed by atoms with E-state index in [1.54, 1.807) is 6.08 Å². The van der Waals surface area contributed by atoms with E-state index in [9.17, 15) is 0 Å². The molecule has 1 aromatic carbocycles. The first-order valence-corrected chi connectivity index (χ1v) is 5.44. The molecule has 1 saturated heterocycles. The normalized spacial score (nSPS) is 18.7. The Morgan fingerprint density at radius 2 is 2.38 bits per heavy atom. The van der Waals surface area contributed by atoms with Crippen molar-refractivity contribution in [3.8, 4) is 5.75 Å². The maximum atomic E-state index is 5.62. The highest BCUT2D eigenvalue weighted by Gasteiger charge is 2.22. The SMILES string of the molecule is C=C/C=C\c1cc(OCC2CO2)ccc1C. The summed E-state index contributed by atoms with van der Waals surface area (Å²) in [5.74, 6) is 0.893. The first kappa shape index (κ1) is 11.0. The van der Waals surface area contributed by atoms with E-state index >= 15 is 0 Å². The van der Waals surface area contributed by atoms with Crippen LogP contribution in [-0.4, -0.2) is 19.3 Å². The van der Waals surface area contributed by atoms with Gasteiger partial charge in [-0.1, -0.05) is 30.9 Å². The maximum Gasteiger partial charge on any atom is 0.120 e. The molecule has 0 spiro atoms. The number of hydrogen-bond donors (Lipinski definition) is 0. The molecule has 0 aliphatic carbocycles. The molecule has 0 amide bonds. The fourth-order valence-electron chi connectivity index (χ4n) is 1.41. The van der Waals surface area contributed by atoms with Crippen molar-refractivity contribution in [2.45, 2.75) is 13.0 Å². The molecule has 0 radical (unpaired) electrons. The van der Waals surface area contributed by atoms with Gasteiger partial charge in [-0.3, -0.25) is 0 Å². The third kappa shape index (κ3) is 2.97. The van der Waals surface area contributed by atoms with E-state index in [1.807, 2.05) is 24.3 Å². The molecule has 1 aliphatic heterocycles. The number of allylic oxidation sites excluding steroid dienone is 2. The van der Waals surface area contributed by atoms with E-state index in [1.165, 1.54) is 5.56 Å². The summed E-state index contributed by atoms with van der Waals surface area (Å²) in [6, 6.07) is 6.09. The van der Waals surface area contributed by atoms with Gasteiger partial charge in [0.05, 0.1) is 6.61 Å². The Balaban J connectivity index is 2.06. The summed E-state index contributed by atoms with van der Waals surface area (Å²) in [4.78, 5) is 0. The number of rotatable bonds is 5. The molecule has 0 N–H and O–H groups in total. The largest absolute Gasteiger partial charge is 0.491 e. The minimum absolute atomic E-state index is 0.300. The van der Waals surface area contributed by atoms with Gasteiger partial charge in [0, 0.05) is 0 Å². The molecular weight excluding hydrogens is 200 g/mol. The van der Waals surface area contributed by atoms with Crippen LogP contribution in [0.3, 0.4) is 0 Å². The zero-order valence-corrected chi connectivity index (χ0v) is 9.48. The van der Waals surface area contributed by atoms with Gasteiger partial charge in [-0.15, -0.1) is 0 Å². The van der Waals surface area contributed by atoms with Gasteiger partial charge in [-0.05, 0) is 30.2 Å². The number of hydrogen-bond acceptors (Lipinski definition) is 2. The summed E-state index contributed by atoms with van der Waals surface area (Å²) in [5, 5.41) is 0. The minimum Gasteiger partial charge on any atom is -0.491 e. The topological polar surface area (TPSA) is 21.8 Å². The molecule has 1 atom stereocenters. The van der Waals surface area contributed by atoms with Gasteiger partial charge in [0.2, 0.25) is 0 Å². The second-order valence-electron chi connectivity index (χ2n) is 3.88. The second kappa shape index (κ2) is 4.99. The monoisotopic (exact) mass is 216 g/mol. The molecular formula is C14H16O2. The molecule has 2 nitrogen and oxygen atoms in total. The predicted molar refractivity (Wildman–Crippen MR) is 65.6 cm³/mol. The van der Waals surface area contributed by atoms with Crippen LogP contribution in [0.1, 0.15) is 11.1 Å². The van der Waals surface area contributed by atoms with Crippen molar-refractivity contribution >= 4 is 6.08 Å². The van der Waals surface area contributed by atoms with Gasteiger partial charge in [-0.25, -0.2) is 0 Å². The summed E-state index contributed by atoms with van der Waals surface area (Å²) in [7, 11) is 0. The molecule has 1 aliphatic rings. The van der Waals surface area contributed by atoms with Gasteiger partial charge in [-0.2, -0.15) is 0 Å². The van der Waals surface area contributed by atoms with E-state index in [-0.39, 0.29) is 0 Å². The lowest BCUT2D eigenvalue weighted by molar-refractivity contribution is 0.263. The third-order valence-corrected chi connectivity index (χ3v) is 2.50. The van der Waals surface area contributed by atoms with E-state index in [0.717, 1.165) is 17.9 Å². The molecule has 1 unspecified atom stereocenters. The summed E-state index contributed by atoms with van der Waals surface area (Å²) >= 11 is 0. The molecule has 1 aromatic rings. The van der Waals surface area contributed by atoms with Crippen LogP contribution < -0.4 is 4.74 Å². The van der Waals surface area contributed by atoms with Crippen LogP contribution in [-0.2, 0) is 4.74 Å². The Morgan fingerprint density at radius 3 is 3.06 bits per heavy atom. The van der Waals surface area contributed by atoms with E-state index in [2.05, 4.69) is 19.6 Å². The lowest BCUT2D eigenvalue weighted by Crippen LogP contribution is -2.04. The number of aryl methyl sites for hydroxylation is 1. The van der Waals surface area contributed by atoms with Gasteiger partial charge in [0.25, 0.3) is 0 Å². The fraction of sp³-hybridized carbons (Fsp3) is 0.286. The molecule has 0 aromatic heterocycles. The standard InChI is InChI=1S/C14H16O2/c1-3-4-5-12-8-13(7-6-11(12)2)15-9-14-10-16-14/h3-8,14H,1,9-10H2,2H3/b5-4-. The quantitative estimate of drug-likeness (QED) is 0.557. The molecule has 84 valence electrons. The van der Waals surface area contributed by atoms with Crippen molar-refractivity contribution in [2.24, 2.45) is 0 Å². The zero-order valence-electron chi connectivity index (χ0n) is 9.48. The first-order valence-electron chi connectivity index (χ1n) is 5.44. The number of epoxide rings is 1. The summed E-state index contributed by atoms with van der Waals surface area (Å²) in [5.41, 5.74) is 2.39. The van der Waals surface area contributed by atoms with Gasteiger partial charge in [0.1, 0.15) is 18.5 Å². The zero-order chi connectivity index (χ0) is 11.4. The van der Waals surface area contributed by atoms with Crippen molar-refractivity contribution in [1.82, 2.24) is 0 Å². The molecule has 2 heteroatoms. The van der Waals surface area contributed by atoms with Crippen LogP contribution in [0, 0.1) is 6.92 Å². The molecule has 2 rings (SSSR count). The highest BCUT2D eigenvalue weighted by molar-refractivity contribution is 5.57. The molecule has 16 heavy (non-hydrogen) atoms. The highest BCUT2D eigenvalue weighted by atomic mass is 16.6. The Labute approximate surface area is 96.2 Å². The van der Waals surface area contributed by atoms with E-state index in [0.29, 0.717) is 12.7 Å². The van der Waals surface area contributed by atoms with E-state index in [4.69, 9.17) is 9.47 Å². The second-order valence-corrected chi connectivity index (χ2v) is 3.88.